The fourth-order valence-electron chi connectivity index (χ4n) is 1.51. The molecule has 0 aliphatic rings. The van der Waals surface area contributed by atoms with Crippen LogP contribution in [0.2, 0.25) is 0 Å². The molecule has 6 heteroatoms. The van der Waals surface area contributed by atoms with Crippen molar-refractivity contribution in [2.45, 2.75) is 39.7 Å². The SMILES string of the molecule is CCc1nc(NC)cc(NCC(=O)NC(C)(C)C)n1. The first-order chi connectivity index (χ1) is 8.84. The van der Waals surface area contributed by atoms with Crippen molar-refractivity contribution in [1.29, 1.82) is 0 Å². The van der Waals surface area contributed by atoms with Gasteiger partial charge in [-0.1, -0.05) is 6.92 Å². The summed E-state index contributed by atoms with van der Waals surface area (Å²) < 4.78 is 0. The van der Waals surface area contributed by atoms with Crippen molar-refractivity contribution in [2.75, 3.05) is 24.2 Å². The van der Waals surface area contributed by atoms with E-state index in [4.69, 9.17) is 0 Å². The zero-order chi connectivity index (χ0) is 14.5. The van der Waals surface area contributed by atoms with Crippen LogP contribution in [0, 0.1) is 0 Å². The van der Waals surface area contributed by atoms with Gasteiger partial charge in [-0.05, 0) is 20.8 Å². The Hall–Kier alpha value is -1.85. The Morgan fingerprint density at radius 2 is 1.89 bits per heavy atom. The van der Waals surface area contributed by atoms with Crippen LogP contribution < -0.4 is 16.0 Å². The van der Waals surface area contributed by atoms with Crippen LogP contribution in [0.25, 0.3) is 0 Å². The molecule has 106 valence electrons. The molecule has 0 unspecified atom stereocenters. The van der Waals surface area contributed by atoms with Gasteiger partial charge in [-0.2, -0.15) is 0 Å². The van der Waals surface area contributed by atoms with Gasteiger partial charge in [-0.25, -0.2) is 9.97 Å². The minimum Gasteiger partial charge on any atom is -0.373 e. The van der Waals surface area contributed by atoms with Crippen LogP contribution in [-0.4, -0.2) is 35.0 Å². The molecule has 0 fully saturated rings. The number of hydrogen-bond acceptors (Lipinski definition) is 5. The maximum Gasteiger partial charge on any atom is 0.239 e. The molecule has 0 aromatic carbocycles. The Bertz CT molecular complexity index is 417. The molecular formula is C13H23N5O. The number of carbonyl (C=O) groups is 1. The van der Waals surface area contributed by atoms with E-state index < -0.39 is 0 Å². The van der Waals surface area contributed by atoms with Crippen molar-refractivity contribution in [3.63, 3.8) is 0 Å². The van der Waals surface area contributed by atoms with E-state index in [9.17, 15) is 4.79 Å². The quantitative estimate of drug-likeness (QED) is 0.750. The predicted octanol–water partition coefficient (Wildman–Crippen LogP) is 1.41. The molecule has 1 heterocycles. The number of carbonyl (C=O) groups excluding carboxylic acids is 1. The molecule has 1 amide bonds. The van der Waals surface area contributed by atoms with E-state index in [2.05, 4.69) is 25.9 Å². The van der Waals surface area contributed by atoms with Crippen LogP contribution in [-0.2, 0) is 11.2 Å². The summed E-state index contributed by atoms with van der Waals surface area (Å²) >= 11 is 0. The maximum atomic E-state index is 11.7. The minimum absolute atomic E-state index is 0.0600. The molecule has 1 aromatic rings. The van der Waals surface area contributed by atoms with Crippen molar-refractivity contribution in [1.82, 2.24) is 15.3 Å². The van der Waals surface area contributed by atoms with Gasteiger partial charge in [0.2, 0.25) is 5.91 Å². The zero-order valence-electron chi connectivity index (χ0n) is 12.3. The molecule has 1 rings (SSSR count). The van der Waals surface area contributed by atoms with E-state index in [1.165, 1.54) is 0 Å². The van der Waals surface area contributed by atoms with Crippen molar-refractivity contribution in [2.24, 2.45) is 0 Å². The summed E-state index contributed by atoms with van der Waals surface area (Å²) in [7, 11) is 1.80. The summed E-state index contributed by atoms with van der Waals surface area (Å²) in [5, 5.41) is 8.88. The molecule has 19 heavy (non-hydrogen) atoms. The Labute approximate surface area is 114 Å². The van der Waals surface area contributed by atoms with Gasteiger partial charge in [0.15, 0.2) is 0 Å². The van der Waals surface area contributed by atoms with Gasteiger partial charge in [0, 0.05) is 25.1 Å². The molecule has 0 spiro atoms. The highest BCUT2D eigenvalue weighted by Gasteiger charge is 2.13. The maximum absolute atomic E-state index is 11.7. The zero-order valence-corrected chi connectivity index (χ0v) is 12.3. The summed E-state index contributed by atoms with van der Waals surface area (Å²) in [4.78, 5) is 20.3. The number of nitrogens with one attached hydrogen (secondary N) is 3. The fourth-order valence-corrected chi connectivity index (χ4v) is 1.51. The Balaban J connectivity index is 2.64. The largest absolute Gasteiger partial charge is 0.373 e. The summed E-state index contributed by atoms with van der Waals surface area (Å²) in [5.74, 6) is 2.08. The average molecular weight is 265 g/mol. The number of amides is 1. The second kappa shape index (κ2) is 6.36. The predicted molar refractivity (Wildman–Crippen MR) is 77.3 cm³/mol. The van der Waals surface area contributed by atoms with E-state index in [0.717, 1.165) is 18.1 Å². The normalized spacial score (nSPS) is 11.0. The van der Waals surface area contributed by atoms with Crippen LogP contribution in [0.1, 0.15) is 33.5 Å². The lowest BCUT2D eigenvalue weighted by Gasteiger charge is -2.20. The lowest BCUT2D eigenvalue weighted by Crippen LogP contribution is -2.43. The number of hydrogen-bond donors (Lipinski definition) is 3. The third-order valence-corrected chi connectivity index (χ3v) is 2.29. The lowest BCUT2D eigenvalue weighted by molar-refractivity contribution is -0.120. The van der Waals surface area contributed by atoms with Gasteiger partial charge in [0.25, 0.3) is 0 Å². The van der Waals surface area contributed by atoms with E-state index in [1.54, 1.807) is 13.1 Å². The van der Waals surface area contributed by atoms with Gasteiger partial charge < -0.3 is 16.0 Å². The monoisotopic (exact) mass is 265 g/mol. The Morgan fingerprint density at radius 1 is 1.26 bits per heavy atom. The molecule has 0 atom stereocenters. The second-order valence-corrected chi connectivity index (χ2v) is 5.31. The molecule has 6 nitrogen and oxygen atoms in total. The van der Waals surface area contributed by atoms with Crippen LogP contribution >= 0.6 is 0 Å². The highest BCUT2D eigenvalue weighted by atomic mass is 16.2. The number of rotatable bonds is 5. The number of aryl methyl sites for hydroxylation is 1. The van der Waals surface area contributed by atoms with E-state index in [1.807, 2.05) is 27.7 Å². The molecule has 1 aromatic heterocycles. The van der Waals surface area contributed by atoms with Crippen LogP contribution in [0.3, 0.4) is 0 Å². The van der Waals surface area contributed by atoms with Gasteiger partial charge >= 0.3 is 0 Å². The van der Waals surface area contributed by atoms with Crippen LogP contribution in [0.15, 0.2) is 6.07 Å². The van der Waals surface area contributed by atoms with Gasteiger partial charge in [0.05, 0.1) is 6.54 Å². The molecule has 0 bridgehead atoms. The lowest BCUT2D eigenvalue weighted by atomic mass is 10.1. The van der Waals surface area contributed by atoms with Crippen molar-refractivity contribution in [3.8, 4) is 0 Å². The first-order valence-electron chi connectivity index (χ1n) is 6.44. The molecule has 3 N–H and O–H groups in total. The Kier molecular flexibility index (Phi) is 5.09. The van der Waals surface area contributed by atoms with Gasteiger partial charge in [0.1, 0.15) is 17.5 Å². The molecule has 0 saturated heterocycles. The standard InChI is InChI=1S/C13H23N5O/c1-6-9-16-10(14-5)7-11(17-9)15-8-12(19)18-13(2,3)4/h7H,6,8H2,1-5H3,(H,18,19)(H2,14,15,16,17). The summed E-state index contributed by atoms with van der Waals surface area (Å²) in [6.07, 6.45) is 0.748. The van der Waals surface area contributed by atoms with Crippen LogP contribution in [0.4, 0.5) is 11.6 Å². The first-order valence-corrected chi connectivity index (χ1v) is 6.44. The van der Waals surface area contributed by atoms with Crippen molar-refractivity contribution < 1.29 is 4.79 Å². The van der Waals surface area contributed by atoms with Gasteiger partial charge in [-0.15, -0.1) is 0 Å². The summed E-state index contributed by atoms with van der Waals surface area (Å²) in [5.41, 5.74) is -0.227. The first kappa shape index (κ1) is 15.2. The molecule has 0 aliphatic heterocycles. The van der Waals surface area contributed by atoms with Crippen LogP contribution in [0.5, 0.6) is 0 Å². The average Bonchev–Trinajstić information content (AvgIpc) is 2.33. The van der Waals surface area contributed by atoms with Gasteiger partial charge in [-0.3, -0.25) is 4.79 Å². The number of anilines is 2. The number of aromatic nitrogens is 2. The summed E-state index contributed by atoms with van der Waals surface area (Å²) in [6.45, 7) is 8.03. The smallest absolute Gasteiger partial charge is 0.239 e. The second-order valence-electron chi connectivity index (χ2n) is 5.31. The molecule has 0 aliphatic carbocycles. The third kappa shape index (κ3) is 5.54. The van der Waals surface area contributed by atoms with E-state index in [-0.39, 0.29) is 18.0 Å². The highest BCUT2D eigenvalue weighted by Crippen LogP contribution is 2.11. The Morgan fingerprint density at radius 3 is 2.42 bits per heavy atom. The van der Waals surface area contributed by atoms with E-state index in [0.29, 0.717) is 5.82 Å². The fraction of sp³-hybridized carbons (Fsp3) is 0.615. The third-order valence-electron chi connectivity index (χ3n) is 2.29. The highest BCUT2D eigenvalue weighted by molar-refractivity contribution is 5.81. The van der Waals surface area contributed by atoms with E-state index >= 15 is 0 Å². The topological polar surface area (TPSA) is 78.9 Å². The summed E-state index contributed by atoms with van der Waals surface area (Å²) in [6, 6.07) is 1.78. The van der Waals surface area contributed by atoms with Crippen molar-refractivity contribution >= 4 is 17.5 Å². The molecule has 0 radical (unpaired) electrons. The van der Waals surface area contributed by atoms with Crippen molar-refractivity contribution in [3.05, 3.63) is 11.9 Å². The molecule has 0 saturated carbocycles. The minimum atomic E-state index is -0.227. The number of nitrogens with zero attached hydrogens (tertiary/aromatic N) is 2. The molecular weight excluding hydrogens is 242 g/mol.